The molecule has 5 atom stereocenters. The third kappa shape index (κ3) is 3.35. The van der Waals surface area contributed by atoms with Gasteiger partial charge in [-0.3, -0.25) is 9.59 Å². The molecule has 3 fully saturated rings. The highest BCUT2D eigenvalue weighted by Crippen LogP contribution is 2.62. The summed E-state index contributed by atoms with van der Waals surface area (Å²) in [4.78, 5) is 27.9. The van der Waals surface area contributed by atoms with Gasteiger partial charge in [0.05, 0.1) is 46.4 Å². The number of hydrogen-bond donors (Lipinski definition) is 0. The molecule has 0 saturated carbocycles. The van der Waals surface area contributed by atoms with Gasteiger partial charge in [-0.05, 0) is 50.2 Å². The van der Waals surface area contributed by atoms with Gasteiger partial charge in [-0.15, -0.1) is 0 Å². The van der Waals surface area contributed by atoms with Crippen LogP contribution < -0.4 is 4.90 Å². The highest BCUT2D eigenvalue weighted by molar-refractivity contribution is 6.74. The van der Waals surface area contributed by atoms with Crippen molar-refractivity contribution in [1.29, 1.82) is 5.26 Å². The summed E-state index contributed by atoms with van der Waals surface area (Å²) in [7, 11) is -2.24. The Bertz CT molecular complexity index is 1120. The van der Waals surface area contributed by atoms with Crippen molar-refractivity contribution in [3.63, 3.8) is 0 Å². The molecule has 3 heterocycles. The second kappa shape index (κ2) is 7.15. The van der Waals surface area contributed by atoms with E-state index < -0.39 is 66.6 Å². The summed E-state index contributed by atoms with van der Waals surface area (Å²) in [5.74, 6) is -2.85. The maximum Gasteiger partial charge on any atom is 0.417 e. The maximum atomic E-state index is 13.6. The highest BCUT2D eigenvalue weighted by atomic mass is 28.4. The SMILES string of the molecule is CC12CC(O[Si](C)(C)C(C)(C)C)C(C)(O1)C1C(=O)N(c3ccc(C#N)c(C(F)(F)F)c3)C(=O)C12. The van der Waals surface area contributed by atoms with Crippen molar-refractivity contribution >= 4 is 25.8 Å². The molecule has 34 heavy (non-hydrogen) atoms. The van der Waals surface area contributed by atoms with Gasteiger partial charge < -0.3 is 9.16 Å². The van der Waals surface area contributed by atoms with Gasteiger partial charge in [0.25, 0.3) is 0 Å². The minimum atomic E-state index is -4.80. The number of imide groups is 1. The first kappa shape index (κ1) is 24.9. The Hall–Kier alpha value is -2.22. The number of halogens is 3. The number of rotatable bonds is 3. The lowest BCUT2D eigenvalue weighted by Gasteiger charge is -2.44. The Morgan fingerprint density at radius 3 is 2.26 bits per heavy atom. The van der Waals surface area contributed by atoms with Crippen LogP contribution in [0.4, 0.5) is 18.9 Å². The molecule has 184 valence electrons. The molecular formula is C24H29F3N2O4Si. The van der Waals surface area contributed by atoms with Crippen LogP contribution in [0.3, 0.4) is 0 Å². The molecule has 0 aliphatic carbocycles. The van der Waals surface area contributed by atoms with E-state index in [1.165, 1.54) is 12.1 Å². The Labute approximate surface area is 198 Å². The quantitative estimate of drug-likeness (QED) is 0.435. The fraction of sp³-hybridized carbons (Fsp3) is 0.625. The number of carbonyl (C=O) groups is 2. The molecular weight excluding hydrogens is 465 g/mol. The highest BCUT2D eigenvalue weighted by Gasteiger charge is 2.76. The smallest absolute Gasteiger partial charge is 0.411 e. The molecule has 4 rings (SSSR count). The molecule has 0 spiro atoms. The second-order valence-electron chi connectivity index (χ2n) is 11.5. The fourth-order valence-corrected chi connectivity index (χ4v) is 6.83. The van der Waals surface area contributed by atoms with Crippen molar-refractivity contribution < 1.29 is 31.9 Å². The van der Waals surface area contributed by atoms with Crippen LogP contribution in [0.1, 0.15) is 52.2 Å². The van der Waals surface area contributed by atoms with Crippen molar-refractivity contribution in [3.8, 4) is 6.07 Å². The van der Waals surface area contributed by atoms with E-state index in [2.05, 4.69) is 33.9 Å². The molecule has 1 aromatic rings. The predicted molar refractivity (Wildman–Crippen MR) is 120 cm³/mol. The number of nitrogens with zero attached hydrogens (tertiary/aromatic N) is 2. The fourth-order valence-electron chi connectivity index (χ4n) is 5.45. The molecule has 0 radical (unpaired) electrons. The van der Waals surface area contributed by atoms with Crippen molar-refractivity contribution in [1.82, 2.24) is 0 Å². The Morgan fingerprint density at radius 1 is 1.15 bits per heavy atom. The van der Waals surface area contributed by atoms with E-state index in [-0.39, 0.29) is 10.7 Å². The molecule has 10 heteroatoms. The van der Waals surface area contributed by atoms with Crippen LogP contribution in [0.2, 0.25) is 18.1 Å². The summed E-state index contributed by atoms with van der Waals surface area (Å²) >= 11 is 0. The first-order valence-corrected chi connectivity index (χ1v) is 14.2. The monoisotopic (exact) mass is 494 g/mol. The molecule has 2 amide bonds. The van der Waals surface area contributed by atoms with E-state index in [0.29, 0.717) is 12.5 Å². The molecule has 2 bridgehead atoms. The van der Waals surface area contributed by atoms with E-state index in [1.807, 2.05) is 0 Å². The van der Waals surface area contributed by atoms with E-state index in [0.717, 1.165) is 11.0 Å². The number of carbonyl (C=O) groups excluding carboxylic acids is 2. The first-order valence-electron chi connectivity index (χ1n) is 11.2. The minimum absolute atomic E-state index is 0.0798. The molecule has 3 aliphatic heterocycles. The van der Waals surface area contributed by atoms with E-state index in [9.17, 15) is 22.8 Å². The summed E-state index contributed by atoms with van der Waals surface area (Å²) in [6.45, 7) is 14.1. The summed E-state index contributed by atoms with van der Waals surface area (Å²) < 4.78 is 53.5. The third-order valence-electron chi connectivity index (χ3n) is 8.19. The van der Waals surface area contributed by atoms with Crippen LogP contribution in [-0.4, -0.2) is 37.4 Å². The van der Waals surface area contributed by atoms with Crippen LogP contribution in [0, 0.1) is 23.2 Å². The zero-order valence-corrected chi connectivity index (χ0v) is 21.3. The Balaban J connectivity index is 1.73. The lowest BCUT2D eigenvalue weighted by atomic mass is 9.67. The average molecular weight is 495 g/mol. The maximum absolute atomic E-state index is 13.6. The summed E-state index contributed by atoms with van der Waals surface area (Å²) in [5, 5.41) is 8.99. The number of anilines is 1. The van der Waals surface area contributed by atoms with Crippen molar-refractivity contribution in [2.75, 3.05) is 4.90 Å². The van der Waals surface area contributed by atoms with Gasteiger partial charge >= 0.3 is 6.18 Å². The predicted octanol–water partition coefficient (Wildman–Crippen LogP) is 5.02. The Kier molecular flexibility index (Phi) is 5.23. The molecule has 0 aromatic heterocycles. The number of alkyl halides is 3. The number of fused-ring (bicyclic) bond motifs is 5. The van der Waals surface area contributed by atoms with Crippen molar-refractivity contribution in [2.24, 2.45) is 11.8 Å². The van der Waals surface area contributed by atoms with Gasteiger partial charge in [-0.1, -0.05) is 20.8 Å². The number of benzene rings is 1. The number of hydrogen-bond acceptors (Lipinski definition) is 5. The molecule has 6 nitrogen and oxygen atoms in total. The zero-order valence-electron chi connectivity index (χ0n) is 20.3. The van der Waals surface area contributed by atoms with Crippen LogP contribution in [0.15, 0.2) is 18.2 Å². The Morgan fingerprint density at radius 2 is 1.74 bits per heavy atom. The molecule has 3 saturated heterocycles. The van der Waals surface area contributed by atoms with Gasteiger partial charge in [0.15, 0.2) is 8.32 Å². The van der Waals surface area contributed by atoms with E-state index >= 15 is 0 Å². The van der Waals surface area contributed by atoms with Crippen LogP contribution in [-0.2, 0) is 24.9 Å². The molecule has 3 aliphatic rings. The summed E-state index contributed by atoms with van der Waals surface area (Å²) in [6.07, 6.45) is -4.79. The average Bonchev–Trinajstić information content (AvgIpc) is 3.20. The largest absolute Gasteiger partial charge is 0.417 e. The number of nitriles is 1. The lowest BCUT2D eigenvalue weighted by molar-refractivity contribution is -0.138. The second-order valence-corrected chi connectivity index (χ2v) is 16.2. The first-order chi connectivity index (χ1) is 15.4. The van der Waals surface area contributed by atoms with Crippen LogP contribution in [0.25, 0.3) is 0 Å². The normalized spacial score (nSPS) is 33.4. The number of amides is 2. The van der Waals surface area contributed by atoms with Crippen LogP contribution in [0.5, 0.6) is 0 Å². The van der Waals surface area contributed by atoms with Crippen LogP contribution >= 0.6 is 0 Å². The molecule has 5 unspecified atom stereocenters. The van der Waals surface area contributed by atoms with Crippen molar-refractivity contribution in [2.45, 2.75) is 82.7 Å². The van der Waals surface area contributed by atoms with Crippen molar-refractivity contribution in [3.05, 3.63) is 29.3 Å². The minimum Gasteiger partial charge on any atom is -0.411 e. The summed E-state index contributed by atoms with van der Waals surface area (Å²) in [5.41, 5.74) is -3.98. The standard InChI is InChI=1S/C24H29F3N2O4Si/c1-21(2,3)34(6,7)32-16-11-22(4)17-18(23(16,5)33-22)20(31)29(19(17)30)14-9-8-13(12-28)15(10-14)24(25,26)27/h8-10,16-18H,11H2,1-7H3. The zero-order chi connectivity index (χ0) is 25.6. The van der Waals surface area contributed by atoms with E-state index in [4.69, 9.17) is 14.4 Å². The lowest BCUT2D eigenvalue weighted by Crippen LogP contribution is -2.55. The van der Waals surface area contributed by atoms with Gasteiger partial charge in [0.1, 0.15) is 5.60 Å². The topological polar surface area (TPSA) is 79.6 Å². The van der Waals surface area contributed by atoms with Gasteiger partial charge in [0.2, 0.25) is 11.8 Å². The summed E-state index contributed by atoms with van der Waals surface area (Å²) in [6, 6.07) is 4.42. The van der Waals surface area contributed by atoms with Gasteiger partial charge in [0, 0.05) is 6.42 Å². The molecule has 1 aromatic carbocycles. The number of ether oxygens (including phenoxy) is 1. The third-order valence-corrected chi connectivity index (χ3v) is 12.7. The van der Waals surface area contributed by atoms with E-state index in [1.54, 1.807) is 13.8 Å². The van der Waals surface area contributed by atoms with Gasteiger partial charge in [-0.25, -0.2) is 4.90 Å². The molecule has 0 N–H and O–H groups in total. The van der Waals surface area contributed by atoms with Gasteiger partial charge in [-0.2, -0.15) is 18.4 Å².